The molecule has 6 nitrogen and oxygen atoms in total. The first-order valence-corrected chi connectivity index (χ1v) is 9.45. The Labute approximate surface area is 167 Å². The van der Waals surface area contributed by atoms with Gasteiger partial charge in [0.15, 0.2) is 0 Å². The van der Waals surface area contributed by atoms with E-state index in [1.54, 1.807) is 0 Å². The van der Waals surface area contributed by atoms with Crippen LogP contribution in [0.15, 0.2) is 72.8 Å². The summed E-state index contributed by atoms with van der Waals surface area (Å²) in [4.78, 5) is 25.0. The van der Waals surface area contributed by atoms with E-state index in [-0.39, 0.29) is 5.91 Å². The van der Waals surface area contributed by atoms with E-state index in [2.05, 4.69) is 24.8 Å². The molecule has 0 radical (unpaired) electrons. The summed E-state index contributed by atoms with van der Waals surface area (Å²) < 4.78 is 2.09. The lowest BCUT2D eigenvalue weighted by Crippen LogP contribution is -2.23. The van der Waals surface area contributed by atoms with Crippen LogP contribution in [0.4, 0.5) is 0 Å². The summed E-state index contributed by atoms with van der Waals surface area (Å²) in [5.74, 6) is 1.45. The third-order valence-electron chi connectivity index (χ3n) is 4.95. The van der Waals surface area contributed by atoms with E-state index < -0.39 is 0 Å². The third-order valence-corrected chi connectivity index (χ3v) is 4.95. The molecule has 0 saturated carbocycles. The van der Waals surface area contributed by atoms with Gasteiger partial charge in [-0.15, -0.1) is 0 Å². The lowest BCUT2D eigenvalue weighted by atomic mass is 10.2. The van der Waals surface area contributed by atoms with Crippen LogP contribution in [0.25, 0.3) is 27.8 Å². The first-order valence-electron chi connectivity index (χ1n) is 9.45. The second kappa shape index (κ2) is 6.91. The van der Waals surface area contributed by atoms with Gasteiger partial charge in [-0.25, -0.2) is 9.97 Å². The summed E-state index contributed by atoms with van der Waals surface area (Å²) >= 11 is 0. The van der Waals surface area contributed by atoms with Crippen LogP contribution in [0.1, 0.15) is 22.0 Å². The molecule has 0 spiro atoms. The van der Waals surface area contributed by atoms with Gasteiger partial charge < -0.3 is 10.3 Å². The van der Waals surface area contributed by atoms with E-state index in [9.17, 15) is 4.79 Å². The van der Waals surface area contributed by atoms with Gasteiger partial charge in [-0.1, -0.05) is 30.3 Å². The number of amides is 1. The van der Waals surface area contributed by atoms with Gasteiger partial charge >= 0.3 is 0 Å². The Balaban J connectivity index is 1.39. The molecule has 0 aliphatic heterocycles. The number of H-pyrrole nitrogens is 1. The van der Waals surface area contributed by atoms with Gasteiger partial charge in [0.1, 0.15) is 11.6 Å². The largest absolute Gasteiger partial charge is 0.345 e. The molecular formula is C23H19N5O. The fraction of sp³-hybridized carbons (Fsp3) is 0.0870. The van der Waals surface area contributed by atoms with Gasteiger partial charge in [-0.3, -0.25) is 9.36 Å². The first kappa shape index (κ1) is 17.2. The number of aryl methyl sites for hydroxylation is 1. The summed E-state index contributed by atoms with van der Waals surface area (Å²) in [7, 11) is 0. The Morgan fingerprint density at radius 2 is 1.76 bits per heavy atom. The van der Waals surface area contributed by atoms with Crippen LogP contribution in [0.5, 0.6) is 0 Å². The zero-order valence-electron chi connectivity index (χ0n) is 15.9. The number of aromatic nitrogens is 4. The predicted molar refractivity (Wildman–Crippen MR) is 113 cm³/mol. The molecule has 6 heteroatoms. The molecule has 5 aromatic rings. The molecule has 0 saturated heterocycles. The molecule has 0 fully saturated rings. The molecule has 3 aromatic carbocycles. The minimum absolute atomic E-state index is 0.153. The van der Waals surface area contributed by atoms with Gasteiger partial charge in [0.25, 0.3) is 5.91 Å². The fourth-order valence-corrected chi connectivity index (χ4v) is 3.60. The second-order valence-corrected chi connectivity index (χ2v) is 6.92. The van der Waals surface area contributed by atoms with E-state index >= 15 is 0 Å². The van der Waals surface area contributed by atoms with Crippen molar-refractivity contribution >= 4 is 28.0 Å². The zero-order valence-corrected chi connectivity index (χ0v) is 15.9. The summed E-state index contributed by atoms with van der Waals surface area (Å²) in [6.45, 7) is 2.30. The van der Waals surface area contributed by atoms with Crippen molar-refractivity contribution in [1.29, 1.82) is 0 Å². The molecule has 0 aliphatic carbocycles. The molecular weight excluding hydrogens is 362 g/mol. The number of para-hydroxylation sites is 3. The molecule has 0 unspecified atom stereocenters. The van der Waals surface area contributed by atoms with Crippen molar-refractivity contribution in [3.63, 3.8) is 0 Å². The quantitative estimate of drug-likeness (QED) is 0.491. The number of benzene rings is 3. The van der Waals surface area contributed by atoms with Crippen molar-refractivity contribution in [3.8, 4) is 5.69 Å². The normalized spacial score (nSPS) is 11.2. The third kappa shape index (κ3) is 3.14. The lowest BCUT2D eigenvalue weighted by Gasteiger charge is -2.07. The number of rotatable bonds is 4. The van der Waals surface area contributed by atoms with Crippen LogP contribution >= 0.6 is 0 Å². The Bertz CT molecular complexity index is 1300. The van der Waals surface area contributed by atoms with E-state index in [1.165, 1.54) is 0 Å². The Morgan fingerprint density at radius 1 is 0.966 bits per heavy atom. The van der Waals surface area contributed by atoms with Gasteiger partial charge in [-0.2, -0.15) is 0 Å². The van der Waals surface area contributed by atoms with Crippen LogP contribution < -0.4 is 5.32 Å². The Kier molecular flexibility index (Phi) is 4.09. The number of carbonyl (C=O) groups is 1. The molecule has 142 valence electrons. The standard InChI is InChI=1S/C23H19N5O/c1-15-25-20-13-16(11-12-21(20)28(15)17-7-3-2-4-8-17)23(29)24-14-22-26-18-9-5-6-10-19(18)27-22/h2-13H,14H2,1H3,(H,24,29)(H,26,27). The number of imidazole rings is 2. The molecule has 29 heavy (non-hydrogen) atoms. The van der Waals surface area contributed by atoms with E-state index in [0.717, 1.165) is 39.4 Å². The number of hydrogen-bond acceptors (Lipinski definition) is 3. The number of aromatic amines is 1. The van der Waals surface area contributed by atoms with E-state index in [4.69, 9.17) is 0 Å². The molecule has 1 amide bonds. The molecule has 2 aromatic heterocycles. The van der Waals surface area contributed by atoms with Crippen molar-refractivity contribution in [1.82, 2.24) is 24.8 Å². The molecule has 0 atom stereocenters. The minimum Gasteiger partial charge on any atom is -0.345 e. The highest BCUT2D eigenvalue weighted by atomic mass is 16.1. The molecule has 0 bridgehead atoms. The predicted octanol–water partition coefficient (Wildman–Crippen LogP) is 4.14. The lowest BCUT2D eigenvalue weighted by molar-refractivity contribution is 0.0950. The van der Waals surface area contributed by atoms with Crippen LogP contribution in [0.3, 0.4) is 0 Å². The first-order chi connectivity index (χ1) is 14.2. The van der Waals surface area contributed by atoms with Crippen LogP contribution in [0, 0.1) is 6.92 Å². The number of nitrogens with one attached hydrogen (secondary N) is 2. The molecule has 2 heterocycles. The van der Waals surface area contributed by atoms with Crippen molar-refractivity contribution in [2.45, 2.75) is 13.5 Å². The van der Waals surface area contributed by atoms with Crippen molar-refractivity contribution < 1.29 is 4.79 Å². The van der Waals surface area contributed by atoms with Crippen LogP contribution in [-0.2, 0) is 6.54 Å². The number of nitrogens with zero attached hydrogens (tertiary/aromatic N) is 3. The van der Waals surface area contributed by atoms with Crippen molar-refractivity contribution in [2.24, 2.45) is 0 Å². The maximum atomic E-state index is 12.7. The maximum absolute atomic E-state index is 12.7. The van der Waals surface area contributed by atoms with Gasteiger partial charge in [-0.05, 0) is 49.4 Å². The zero-order chi connectivity index (χ0) is 19.8. The smallest absolute Gasteiger partial charge is 0.251 e. The molecule has 2 N–H and O–H groups in total. The number of carbonyl (C=O) groups excluding carboxylic acids is 1. The summed E-state index contributed by atoms with van der Waals surface area (Å²) in [5.41, 5.74) is 5.24. The van der Waals surface area contributed by atoms with Crippen LogP contribution in [0.2, 0.25) is 0 Å². The van der Waals surface area contributed by atoms with Gasteiger partial charge in [0.2, 0.25) is 0 Å². The average Bonchev–Trinajstić information content (AvgIpc) is 3.31. The highest BCUT2D eigenvalue weighted by Gasteiger charge is 2.13. The van der Waals surface area contributed by atoms with Gasteiger partial charge in [0.05, 0.1) is 28.6 Å². The number of hydrogen-bond donors (Lipinski definition) is 2. The Hall–Kier alpha value is -3.93. The van der Waals surface area contributed by atoms with E-state index in [1.807, 2.05) is 79.7 Å². The summed E-state index contributed by atoms with van der Waals surface area (Å²) in [6.07, 6.45) is 0. The highest BCUT2D eigenvalue weighted by molar-refractivity contribution is 5.97. The SMILES string of the molecule is Cc1nc2cc(C(=O)NCc3nc4ccccc4[nH]3)ccc2n1-c1ccccc1. The van der Waals surface area contributed by atoms with Crippen LogP contribution in [-0.4, -0.2) is 25.4 Å². The Morgan fingerprint density at radius 3 is 2.59 bits per heavy atom. The van der Waals surface area contributed by atoms with Gasteiger partial charge in [0, 0.05) is 11.3 Å². The summed E-state index contributed by atoms with van der Waals surface area (Å²) in [5, 5.41) is 2.93. The maximum Gasteiger partial charge on any atom is 0.251 e. The highest BCUT2D eigenvalue weighted by Crippen LogP contribution is 2.22. The van der Waals surface area contributed by atoms with E-state index in [0.29, 0.717) is 12.1 Å². The average molecular weight is 381 g/mol. The molecule has 5 rings (SSSR count). The fourth-order valence-electron chi connectivity index (χ4n) is 3.60. The summed E-state index contributed by atoms with van der Waals surface area (Å²) in [6, 6.07) is 23.5. The topological polar surface area (TPSA) is 75.6 Å². The van der Waals surface area contributed by atoms with Crippen molar-refractivity contribution in [2.75, 3.05) is 0 Å². The number of fused-ring (bicyclic) bond motifs is 2. The molecule has 0 aliphatic rings. The monoisotopic (exact) mass is 381 g/mol. The van der Waals surface area contributed by atoms with Crippen molar-refractivity contribution in [3.05, 3.63) is 90.0 Å². The second-order valence-electron chi connectivity index (χ2n) is 6.92. The minimum atomic E-state index is -0.153.